The van der Waals surface area contributed by atoms with Crippen molar-refractivity contribution in [2.45, 2.75) is 19.9 Å². The quantitative estimate of drug-likeness (QED) is 0.832. The molecule has 0 heterocycles. The van der Waals surface area contributed by atoms with E-state index in [0.29, 0.717) is 10.7 Å². The van der Waals surface area contributed by atoms with E-state index < -0.39 is 11.9 Å². The molecule has 0 saturated heterocycles. The Morgan fingerprint density at radius 1 is 1.14 bits per heavy atom. The van der Waals surface area contributed by atoms with Gasteiger partial charge in [0.25, 0.3) is 0 Å². The van der Waals surface area contributed by atoms with Gasteiger partial charge in [0.2, 0.25) is 5.91 Å². The zero-order valence-corrected chi connectivity index (χ0v) is 13.6. The van der Waals surface area contributed by atoms with Gasteiger partial charge in [-0.15, -0.1) is 0 Å². The van der Waals surface area contributed by atoms with Gasteiger partial charge in [0, 0.05) is 10.7 Å². The molecule has 2 aromatic rings. The smallest absolute Gasteiger partial charge is 0.246 e. The molecule has 0 radical (unpaired) electrons. The van der Waals surface area contributed by atoms with Gasteiger partial charge >= 0.3 is 0 Å². The lowest BCUT2D eigenvalue weighted by Crippen LogP contribution is -2.31. The van der Waals surface area contributed by atoms with Crippen LogP contribution >= 0.6 is 23.2 Å². The third-order valence-corrected chi connectivity index (χ3v) is 3.86. The standard InChI is InChI=1S/C16H15Cl2FN2O/c1-9-3-5-12(8-13(9)17)20-10(2)16(22)21-15-6-4-11(19)7-14(15)18/h3-8,10,20H,1-2H3,(H,21,22)/t10-/m0/s1. The van der Waals surface area contributed by atoms with E-state index in [0.717, 1.165) is 17.3 Å². The molecule has 3 nitrogen and oxygen atoms in total. The largest absolute Gasteiger partial charge is 0.374 e. The zero-order chi connectivity index (χ0) is 16.3. The van der Waals surface area contributed by atoms with Gasteiger partial charge < -0.3 is 10.6 Å². The first kappa shape index (κ1) is 16.6. The van der Waals surface area contributed by atoms with Crippen molar-refractivity contribution in [3.05, 3.63) is 57.8 Å². The molecular weight excluding hydrogens is 326 g/mol. The molecule has 0 aromatic heterocycles. The highest BCUT2D eigenvalue weighted by atomic mass is 35.5. The normalized spacial score (nSPS) is 11.9. The Morgan fingerprint density at radius 2 is 1.86 bits per heavy atom. The van der Waals surface area contributed by atoms with Gasteiger partial charge in [0.05, 0.1) is 10.7 Å². The van der Waals surface area contributed by atoms with Gasteiger partial charge in [-0.1, -0.05) is 29.3 Å². The van der Waals surface area contributed by atoms with Crippen LogP contribution in [0.5, 0.6) is 0 Å². The van der Waals surface area contributed by atoms with E-state index in [9.17, 15) is 9.18 Å². The third kappa shape index (κ3) is 4.12. The molecule has 2 rings (SSSR count). The number of benzene rings is 2. The molecule has 0 bridgehead atoms. The molecule has 22 heavy (non-hydrogen) atoms. The summed E-state index contributed by atoms with van der Waals surface area (Å²) >= 11 is 11.9. The summed E-state index contributed by atoms with van der Waals surface area (Å²) in [5.74, 6) is -0.742. The summed E-state index contributed by atoms with van der Waals surface area (Å²) in [6, 6.07) is 8.76. The molecule has 0 fully saturated rings. The molecule has 0 aliphatic heterocycles. The number of carbonyl (C=O) groups excluding carboxylic acids is 1. The Balaban J connectivity index is 2.04. The van der Waals surface area contributed by atoms with E-state index in [1.165, 1.54) is 12.1 Å². The van der Waals surface area contributed by atoms with Gasteiger partial charge in [-0.25, -0.2) is 4.39 Å². The lowest BCUT2D eigenvalue weighted by molar-refractivity contribution is -0.116. The molecule has 2 aromatic carbocycles. The number of halogens is 3. The van der Waals surface area contributed by atoms with Crippen LogP contribution in [0, 0.1) is 12.7 Å². The summed E-state index contributed by atoms with van der Waals surface area (Å²) < 4.78 is 13.0. The molecule has 1 amide bonds. The number of anilines is 2. The van der Waals surface area contributed by atoms with Crippen molar-refractivity contribution in [3.63, 3.8) is 0 Å². The molecule has 2 N–H and O–H groups in total. The number of aryl methyl sites for hydroxylation is 1. The van der Waals surface area contributed by atoms with Crippen LogP contribution in [0.1, 0.15) is 12.5 Å². The molecule has 1 atom stereocenters. The second-order valence-electron chi connectivity index (χ2n) is 4.94. The minimum Gasteiger partial charge on any atom is -0.374 e. The Labute approximate surface area is 138 Å². The Morgan fingerprint density at radius 3 is 2.50 bits per heavy atom. The lowest BCUT2D eigenvalue weighted by atomic mass is 10.2. The van der Waals surface area contributed by atoms with Crippen LogP contribution in [0.2, 0.25) is 10.0 Å². The minimum atomic E-state index is -0.514. The van der Waals surface area contributed by atoms with Crippen LogP contribution in [0.4, 0.5) is 15.8 Å². The fourth-order valence-corrected chi connectivity index (χ4v) is 2.23. The maximum Gasteiger partial charge on any atom is 0.246 e. The van der Waals surface area contributed by atoms with Crippen molar-refractivity contribution >= 4 is 40.5 Å². The van der Waals surface area contributed by atoms with Crippen molar-refractivity contribution in [1.82, 2.24) is 0 Å². The first-order valence-electron chi connectivity index (χ1n) is 6.65. The van der Waals surface area contributed by atoms with Crippen LogP contribution in [0.15, 0.2) is 36.4 Å². The van der Waals surface area contributed by atoms with E-state index in [1.54, 1.807) is 13.0 Å². The predicted molar refractivity (Wildman–Crippen MR) is 89.3 cm³/mol. The Kier molecular flexibility index (Phi) is 5.27. The number of carbonyl (C=O) groups is 1. The molecule has 0 saturated carbocycles. The summed E-state index contributed by atoms with van der Waals surface area (Å²) in [6.45, 7) is 3.61. The number of rotatable bonds is 4. The van der Waals surface area contributed by atoms with Gasteiger partial charge in [-0.2, -0.15) is 0 Å². The first-order chi connectivity index (χ1) is 10.4. The fourth-order valence-electron chi connectivity index (χ4n) is 1.83. The maximum absolute atomic E-state index is 13.0. The number of hydrogen-bond donors (Lipinski definition) is 2. The van der Waals surface area contributed by atoms with Crippen molar-refractivity contribution in [2.75, 3.05) is 10.6 Å². The van der Waals surface area contributed by atoms with Crippen LogP contribution in [0.25, 0.3) is 0 Å². The topological polar surface area (TPSA) is 41.1 Å². The summed E-state index contributed by atoms with van der Waals surface area (Å²) in [6.07, 6.45) is 0. The van der Waals surface area contributed by atoms with E-state index in [-0.39, 0.29) is 10.9 Å². The number of amides is 1. The van der Waals surface area contributed by atoms with E-state index in [2.05, 4.69) is 10.6 Å². The van der Waals surface area contributed by atoms with Crippen molar-refractivity contribution in [2.24, 2.45) is 0 Å². The SMILES string of the molecule is Cc1ccc(N[C@@H](C)C(=O)Nc2ccc(F)cc2Cl)cc1Cl. The van der Waals surface area contributed by atoms with Crippen molar-refractivity contribution in [1.29, 1.82) is 0 Å². The Bertz CT molecular complexity index is 707. The second kappa shape index (κ2) is 6.99. The number of nitrogens with one attached hydrogen (secondary N) is 2. The molecule has 6 heteroatoms. The summed E-state index contributed by atoms with van der Waals surface area (Å²) in [5.41, 5.74) is 2.06. The van der Waals surface area contributed by atoms with Gasteiger partial charge in [-0.3, -0.25) is 4.79 Å². The average molecular weight is 341 g/mol. The fraction of sp³-hybridized carbons (Fsp3) is 0.188. The third-order valence-electron chi connectivity index (χ3n) is 3.14. The second-order valence-corrected chi connectivity index (χ2v) is 5.76. The van der Waals surface area contributed by atoms with E-state index >= 15 is 0 Å². The predicted octanol–water partition coefficient (Wildman–Crippen LogP) is 4.88. The highest BCUT2D eigenvalue weighted by Crippen LogP contribution is 2.23. The first-order valence-corrected chi connectivity index (χ1v) is 7.41. The maximum atomic E-state index is 13.0. The van der Waals surface area contributed by atoms with Gasteiger partial charge in [0.15, 0.2) is 0 Å². The van der Waals surface area contributed by atoms with Crippen LogP contribution < -0.4 is 10.6 Å². The van der Waals surface area contributed by atoms with Gasteiger partial charge in [0.1, 0.15) is 11.9 Å². The van der Waals surface area contributed by atoms with Crippen LogP contribution in [0.3, 0.4) is 0 Å². The van der Waals surface area contributed by atoms with Crippen LogP contribution in [-0.2, 0) is 4.79 Å². The molecule has 116 valence electrons. The summed E-state index contributed by atoms with van der Waals surface area (Å²) in [5, 5.41) is 6.47. The number of hydrogen-bond acceptors (Lipinski definition) is 2. The van der Waals surface area contributed by atoms with E-state index in [1.807, 2.05) is 19.1 Å². The molecular formula is C16H15Cl2FN2O. The summed E-state index contributed by atoms with van der Waals surface area (Å²) in [4.78, 5) is 12.1. The zero-order valence-electron chi connectivity index (χ0n) is 12.1. The Hall–Kier alpha value is -1.78. The minimum absolute atomic E-state index is 0.152. The average Bonchev–Trinajstić information content (AvgIpc) is 2.45. The van der Waals surface area contributed by atoms with Crippen LogP contribution in [-0.4, -0.2) is 11.9 Å². The van der Waals surface area contributed by atoms with Crippen molar-refractivity contribution < 1.29 is 9.18 Å². The molecule has 0 aliphatic carbocycles. The lowest BCUT2D eigenvalue weighted by Gasteiger charge is -2.16. The van der Waals surface area contributed by atoms with Crippen molar-refractivity contribution in [3.8, 4) is 0 Å². The molecule has 0 unspecified atom stereocenters. The highest BCUT2D eigenvalue weighted by molar-refractivity contribution is 6.33. The highest BCUT2D eigenvalue weighted by Gasteiger charge is 2.14. The van der Waals surface area contributed by atoms with E-state index in [4.69, 9.17) is 23.2 Å². The molecule has 0 aliphatic rings. The molecule has 0 spiro atoms. The summed E-state index contributed by atoms with van der Waals surface area (Å²) in [7, 11) is 0. The monoisotopic (exact) mass is 340 g/mol. The van der Waals surface area contributed by atoms with Gasteiger partial charge in [-0.05, 0) is 49.7 Å².